The molecule has 1 aliphatic rings. The van der Waals surface area contributed by atoms with Crippen LogP contribution in [0.4, 0.5) is 13.2 Å². The Morgan fingerprint density at radius 2 is 2.06 bits per heavy atom. The van der Waals surface area contributed by atoms with Gasteiger partial charge in [-0.05, 0) is 0 Å². The van der Waals surface area contributed by atoms with Gasteiger partial charge in [0.2, 0.25) is 0 Å². The number of nitriles is 1. The molecular weight excluding hydrogens is 370 g/mol. The molecule has 0 bridgehead atoms. The molecule has 1 atom stereocenters. The van der Waals surface area contributed by atoms with Crippen LogP contribution in [0, 0.1) is 11.3 Å². The summed E-state index contributed by atoms with van der Waals surface area (Å²) in [5, 5.41) is 8.87. The third kappa shape index (κ3) is 3.79. The summed E-state index contributed by atoms with van der Waals surface area (Å²) in [5.74, 6) is -0.158. The standard InChI is InChI=1S/C6H2F3N.C4H9O2S.In/c1-2-5(3-4-10)6(7,8)9;1-3-4-7(2,5)6;/h1-2H;3H,4H2,1-2H3;. The molecule has 1 heterocycles. The fourth-order valence-electron chi connectivity index (χ4n) is 2.00. The molecule has 1 rings (SSSR count). The van der Waals surface area contributed by atoms with E-state index < -0.39 is 43.0 Å². The number of halogens is 3. The van der Waals surface area contributed by atoms with Gasteiger partial charge in [0.1, 0.15) is 0 Å². The molecule has 1 aliphatic heterocycles. The normalized spacial score (nSPS) is 18.1. The summed E-state index contributed by atoms with van der Waals surface area (Å²) in [4.78, 5) is 0. The van der Waals surface area contributed by atoms with Crippen LogP contribution in [0.2, 0.25) is 3.67 Å². The van der Waals surface area contributed by atoms with E-state index in [0.717, 1.165) is 12.3 Å². The Morgan fingerprint density at radius 1 is 1.50 bits per heavy atom. The van der Waals surface area contributed by atoms with Crippen molar-refractivity contribution in [1.82, 2.24) is 0 Å². The summed E-state index contributed by atoms with van der Waals surface area (Å²) in [6.07, 6.45) is -2.54. The molecule has 3 nitrogen and oxygen atoms in total. The molecule has 0 N–H and O–H groups in total. The quantitative estimate of drug-likeness (QED) is 0.751. The molecule has 0 spiro atoms. The molecule has 8 heteroatoms. The number of hydrogen-bond donors (Lipinski definition) is 0. The van der Waals surface area contributed by atoms with Crippen LogP contribution in [-0.2, 0) is 9.84 Å². The first-order chi connectivity index (χ1) is 8.06. The van der Waals surface area contributed by atoms with Gasteiger partial charge in [-0.3, -0.25) is 0 Å². The molecule has 0 unspecified atom stereocenters. The summed E-state index contributed by atoms with van der Waals surface area (Å²) in [7, 11) is -3.24. The van der Waals surface area contributed by atoms with E-state index in [1.807, 2.05) is 0 Å². The Morgan fingerprint density at radius 3 is 2.44 bits per heavy atom. The predicted molar refractivity (Wildman–Crippen MR) is 62.7 cm³/mol. The van der Waals surface area contributed by atoms with Crippen LogP contribution in [-0.4, -0.2) is 48.0 Å². The van der Waals surface area contributed by atoms with Gasteiger partial charge in [-0.1, -0.05) is 0 Å². The van der Waals surface area contributed by atoms with Crippen molar-refractivity contribution >= 4 is 31.3 Å². The molecule has 0 aliphatic carbocycles. The Labute approximate surface area is 111 Å². The van der Waals surface area contributed by atoms with Crippen LogP contribution in [0.25, 0.3) is 0 Å². The first-order valence-corrected chi connectivity index (χ1v) is 12.6. The number of allylic oxidation sites excluding steroid dienone is 3. The van der Waals surface area contributed by atoms with Crippen molar-refractivity contribution in [2.45, 2.75) is 16.8 Å². The van der Waals surface area contributed by atoms with Crippen LogP contribution < -0.4 is 0 Å². The second kappa shape index (κ2) is 5.29. The summed E-state index contributed by atoms with van der Waals surface area (Å²) >= 11 is -3.09. The van der Waals surface area contributed by atoms with Gasteiger partial charge in [-0.15, -0.1) is 0 Å². The molecule has 0 saturated heterocycles. The van der Waals surface area contributed by atoms with Crippen LogP contribution in [0.1, 0.15) is 6.92 Å². The summed E-state index contributed by atoms with van der Waals surface area (Å²) in [6.45, 7) is 1.61. The van der Waals surface area contributed by atoms with Crippen LogP contribution >= 0.6 is 0 Å². The SMILES string of the molecule is C[C@H](CS(C)(=O)=O)[In]1[CH]=CC(C(F)(F)F)=[C]1C#N. The Bertz CT molecular complexity index is 542. The minimum atomic E-state index is -4.53. The van der Waals surface area contributed by atoms with Gasteiger partial charge in [0, 0.05) is 0 Å². The van der Waals surface area contributed by atoms with Crippen molar-refractivity contribution in [3.05, 3.63) is 18.8 Å². The molecule has 98 valence electrons. The number of rotatable bonds is 3. The fourth-order valence-corrected chi connectivity index (χ4v) is 14.5. The van der Waals surface area contributed by atoms with Crippen LogP contribution in [0.5, 0.6) is 0 Å². The molecule has 0 saturated carbocycles. The van der Waals surface area contributed by atoms with Crippen molar-refractivity contribution in [3.63, 3.8) is 0 Å². The third-order valence-corrected chi connectivity index (χ3v) is 13.9. The van der Waals surface area contributed by atoms with Crippen LogP contribution in [0.3, 0.4) is 0 Å². The maximum atomic E-state index is 12.6. The molecule has 0 fully saturated rings. The Hall–Kier alpha value is -0.420. The van der Waals surface area contributed by atoms with Gasteiger partial charge in [0.05, 0.1) is 0 Å². The summed E-state index contributed by atoms with van der Waals surface area (Å²) in [5.41, 5.74) is -0.883. The minimum absolute atomic E-state index is 0.158. The fraction of sp³-hybridized carbons (Fsp3) is 0.500. The molecule has 0 aromatic heterocycles. The first kappa shape index (κ1) is 15.6. The van der Waals surface area contributed by atoms with E-state index in [1.54, 1.807) is 13.0 Å². The third-order valence-electron chi connectivity index (χ3n) is 2.70. The second-order valence-corrected chi connectivity index (χ2v) is 15.6. The van der Waals surface area contributed by atoms with Crippen LogP contribution in [0.15, 0.2) is 18.8 Å². The molecule has 0 radical (unpaired) electrons. The zero-order chi connectivity index (χ0) is 14.1. The van der Waals surface area contributed by atoms with E-state index >= 15 is 0 Å². The van der Waals surface area contributed by atoms with E-state index in [-0.39, 0.29) is 12.8 Å². The van der Waals surface area contributed by atoms with Gasteiger partial charge in [-0.25, -0.2) is 0 Å². The van der Waals surface area contributed by atoms with Gasteiger partial charge < -0.3 is 0 Å². The molecule has 0 aromatic carbocycles. The van der Waals surface area contributed by atoms with E-state index in [0.29, 0.717) is 0 Å². The van der Waals surface area contributed by atoms with Crippen molar-refractivity contribution in [1.29, 1.82) is 5.26 Å². The van der Waals surface area contributed by atoms with Crippen molar-refractivity contribution in [2.24, 2.45) is 0 Å². The van der Waals surface area contributed by atoms with E-state index in [2.05, 4.69) is 0 Å². The van der Waals surface area contributed by atoms with Gasteiger partial charge in [0.15, 0.2) is 0 Å². The van der Waals surface area contributed by atoms with Crippen molar-refractivity contribution < 1.29 is 21.6 Å². The Kier molecular flexibility index (Phi) is 4.60. The zero-order valence-corrected chi connectivity index (χ0v) is 13.9. The molecule has 18 heavy (non-hydrogen) atoms. The van der Waals surface area contributed by atoms with Crippen molar-refractivity contribution in [3.8, 4) is 6.07 Å². The number of sulfone groups is 1. The van der Waals surface area contributed by atoms with E-state index in [4.69, 9.17) is 5.26 Å². The van der Waals surface area contributed by atoms with Gasteiger partial charge in [-0.2, -0.15) is 0 Å². The average molecular weight is 381 g/mol. The number of nitrogens with zero attached hydrogens (tertiary/aromatic N) is 1. The van der Waals surface area contributed by atoms with E-state index in [1.165, 1.54) is 3.83 Å². The molecule has 0 amide bonds. The summed E-state index contributed by atoms with van der Waals surface area (Å²) in [6, 6.07) is 1.63. The topological polar surface area (TPSA) is 57.9 Å². The molecular formula is C10H11F3InNO2S. The second-order valence-electron chi connectivity index (χ2n) is 4.39. The average Bonchev–Trinajstić information content (AvgIpc) is 2.56. The van der Waals surface area contributed by atoms with Crippen molar-refractivity contribution in [2.75, 3.05) is 12.0 Å². The number of alkyl halides is 3. The molecule has 0 aromatic rings. The zero-order valence-electron chi connectivity index (χ0n) is 9.82. The van der Waals surface area contributed by atoms with Gasteiger partial charge >= 0.3 is 112 Å². The monoisotopic (exact) mass is 381 g/mol. The summed E-state index contributed by atoms with van der Waals surface area (Å²) < 4.78 is 61.1. The predicted octanol–water partition coefficient (Wildman–Crippen LogP) is 1.95. The first-order valence-electron chi connectivity index (χ1n) is 5.13. The van der Waals surface area contributed by atoms with Gasteiger partial charge in [0.25, 0.3) is 0 Å². The maximum absolute atomic E-state index is 12.6. The Balaban J connectivity index is 3.06. The number of hydrogen-bond acceptors (Lipinski definition) is 3. The van der Waals surface area contributed by atoms with E-state index in [9.17, 15) is 21.6 Å².